The standard InChI is InChI=1S/C43H61N11O16S4.4K/c55-15-11-33(21-27-1-3-29(19-27)25-57)38-48-39(44-12-17-71(59,60)61)50-41(49-38)46-34-9-7-31(36(22-34)73(65,66)67)5-6-32-8-10-35(23-37(32)74(68,69)70)47-42-51-40(45-13-18-72(62,63)64)52-43(53-42)54(14-16-56)24-28-2-4-30(20-28)26-58;;;;/h5-10,22-23,27-30,33,55-58H,1-4,11-21,24-26H2,(H,59,60,61)(H,62,63,64)(H,65,66,67)(H,68,69,70)(H2,44,46,48,49,50)(H2,45,47,51,52,53);;;;/q;4*+1/p-4. The Bertz CT molecular complexity index is 2890. The Morgan fingerprint density at radius 3 is 1.46 bits per heavy atom. The Morgan fingerprint density at radius 1 is 0.577 bits per heavy atom. The van der Waals surface area contributed by atoms with Gasteiger partial charge in [-0.2, -0.15) is 29.9 Å². The molecule has 2 aromatic carbocycles. The predicted octanol–water partition coefficient (Wildman–Crippen LogP) is -11.1. The van der Waals surface area contributed by atoms with Crippen LogP contribution in [0.5, 0.6) is 0 Å². The van der Waals surface area contributed by atoms with Gasteiger partial charge in [0.15, 0.2) is 0 Å². The fourth-order valence-corrected chi connectivity index (χ4v) is 11.1. The van der Waals surface area contributed by atoms with Crippen LogP contribution in [0, 0.1) is 23.7 Å². The van der Waals surface area contributed by atoms with Crippen molar-refractivity contribution in [3.05, 3.63) is 53.3 Å². The molecule has 2 aliphatic carbocycles. The molecule has 2 saturated carbocycles. The van der Waals surface area contributed by atoms with Crippen LogP contribution in [-0.4, -0.2) is 166 Å². The van der Waals surface area contributed by atoms with E-state index in [4.69, 9.17) is 0 Å². The molecule has 5 atom stereocenters. The zero-order valence-corrected chi connectivity index (χ0v) is 59.4. The number of aliphatic hydroxyl groups excluding tert-OH is 4. The van der Waals surface area contributed by atoms with E-state index in [1.807, 2.05) is 0 Å². The van der Waals surface area contributed by atoms with Crippen LogP contribution in [0.4, 0.5) is 41.1 Å². The van der Waals surface area contributed by atoms with Gasteiger partial charge in [0.05, 0.1) is 48.1 Å². The van der Waals surface area contributed by atoms with E-state index in [0.29, 0.717) is 19.4 Å². The average Bonchev–Trinajstić information content (AvgIpc) is 3.99. The van der Waals surface area contributed by atoms with Crippen molar-refractivity contribution in [1.29, 1.82) is 0 Å². The third-order valence-electron chi connectivity index (χ3n) is 12.5. The molecule has 2 heterocycles. The van der Waals surface area contributed by atoms with Crippen LogP contribution in [0.2, 0.25) is 0 Å². The topological polar surface area (TPSA) is 438 Å². The molecule has 2 aromatic heterocycles. The normalized spacial score (nSPS) is 17.9. The third-order valence-corrected chi connectivity index (χ3v) is 15.7. The first-order chi connectivity index (χ1) is 34.9. The Balaban J connectivity index is 0.00000520. The molecule has 0 spiro atoms. The molecule has 0 amide bonds. The summed E-state index contributed by atoms with van der Waals surface area (Å²) in [5.74, 6) is -2.23. The van der Waals surface area contributed by atoms with E-state index in [9.17, 15) is 72.3 Å². The monoisotopic (exact) mass is 1270 g/mol. The van der Waals surface area contributed by atoms with Gasteiger partial charge in [-0.1, -0.05) is 30.7 Å². The molecule has 408 valence electrons. The van der Waals surface area contributed by atoms with Crippen LogP contribution >= 0.6 is 0 Å². The van der Waals surface area contributed by atoms with Gasteiger partial charge in [-0.15, -0.1) is 0 Å². The molecule has 0 radical (unpaired) electrons. The van der Waals surface area contributed by atoms with Crippen LogP contribution in [0.3, 0.4) is 0 Å². The molecular weight excluding hydrogens is 1210 g/mol. The molecule has 35 heteroatoms. The maximum absolute atomic E-state index is 12.7. The SMILES string of the molecule is O=S(=O)([O-])CCNc1nc(Nc2ccc(C=Cc3ccc(Nc4nc(NCCS(=O)(=O)[O-])nc(N(CCO)CC5CCC(CO)C5)n4)cc3S(=O)(=O)[O-])c(S(=O)(=O)[O-])c2)nc(C(CCO)CC2CCC(CO)C2)n1.[K+].[K+].[K+].[K+]. The smallest absolute Gasteiger partial charge is 0.748 e. The Kier molecular flexibility index (Phi) is 33.9. The van der Waals surface area contributed by atoms with E-state index in [1.165, 1.54) is 24.3 Å². The van der Waals surface area contributed by atoms with Gasteiger partial charge in [-0.25, -0.2) is 33.7 Å². The van der Waals surface area contributed by atoms with Gasteiger partial charge in [-0.05, 0) is 104 Å². The summed E-state index contributed by atoms with van der Waals surface area (Å²) in [6.45, 7) is -0.905. The van der Waals surface area contributed by atoms with Crippen LogP contribution in [-0.2, 0) is 40.5 Å². The molecule has 4 aromatic rings. The summed E-state index contributed by atoms with van der Waals surface area (Å²) < 4.78 is 144. The number of hydrogen-bond donors (Lipinski definition) is 8. The average molecular weight is 1270 g/mol. The van der Waals surface area contributed by atoms with Crippen molar-refractivity contribution in [2.24, 2.45) is 23.7 Å². The second-order valence-electron chi connectivity index (χ2n) is 18.1. The summed E-state index contributed by atoms with van der Waals surface area (Å²) in [5.41, 5.74) is -0.568. The minimum Gasteiger partial charge on any atom is -0.748 e. The van der Waals surface area contributed by atoms with Crippen molar-refractivity contribution in [2.45, 2.75) is 67.1 Å². The number of benzene rings is 2. The first-order valence-corrected chi connectivity index (χ1v) is 29.4. The minimum absolute atomic E-state index is 0. The second-order valence-corrected chi connectivity index (χ2v) is 23.8. The van der Waals surface area contributed by atoms with Gasteiger partial charge in [0.1, 0.15) is 26.1 Å². The predicted molar refractivity (Wildman–Crippen MR) is 264 cm³/mol. The van der Waals surface area contributed by atoms with Crippen LogP contribution in [0.1, 0.15) is 74.2 Å². The summed E-state index contributed by atoms with van der Waals surface area (Å²) >= 11 is 0. The molecule has 8 N–H and O–H groups in total. The number of aliphatic hydroxyl groups is 4. The number of nitrogens with zero attached hydrogens (tertiary/aromatic N) is 7. The molecule has 5 unspecified atom stereocenters. The first-order valence-electron chi connectivity index (χ1n) is 23.4. The van der Waals surface area contributed by atoms with E-state index in [-0.39, 0.29) is 333 Å². The largest absolute Gasteiger partial charge is 1.00 e. The zero-order valence-electron chi connectivity index (χ0n) is 43.7. The van der Waals surface area contributed by atoms with Crippen molar-refractivity contribution >= 4 is 93.7 Å². The van der Waals surface area contributed by atoms with Gasteiger partial charge < -0.3 is 64.8 Å². The number of nitrogens with one attached hydrogen (secondary N) is 4. The number of rotatable bonds is 28. The summed E-state index contributed by atoms with van der Waals surface area (Å²) in [6.07, 6.45) is 7.52. The maximum Gasteiger partial charge on any atom is 1.00 e. The fraction of sp³-hybridized carbons (Fsp3) is 0.535. The van der Waals surface area contributed by atoms with Gasteiger partial charge in [-0.3, -0.25) is 0 Å². The molecule has 78 heavy (non-hydrogen) atoms. The Labute approximate surface area is 624 Å². The molecule has 27 nitrogen and oxygen atoms in total. The molecule has 2 fully saturated rings. The summed E-state index contributed by atoms with van der Waals surface area (Å²) in [6, 6.07) is 6.94. The number of aromatic nitrogens is 6. The summed E-state index contributed by atoms with van der Waals surface area (Å²) in [7, 11) is -19.8. The van der Waals surface area contributed by atoms with Gasteiger partial charge in [0, 0.05) is 63.3 Å². The van der Waals surface area contributed by atoms with E-state index in [1.54, 1.807) is 4.90 Å². The second kappa shape index (κ2) is 35.1. The van der Waals surface area contributed by atoms with Crippen LogP contribution < -0.4 is 232 Å². The van der Waals surface area contributed by atoms with Crippen molar-refractivity contribution in [3.8, 4) is 0 Å². The quantitative estimate of drug-likeness (QED) is 0.0149. The van der Waals surface area contributed by atoms with Gasteiger partial charge >= 0.3 is 206 Å². The van der Waals surface area contributed by atoms with Gasteiger partial charge in [0.25, 0.3) is 0 Å². The molecule has 0 aliphatic heterocycles. The fourth-order valence-electron chi connectivity index (χ4n) is 8.98. The van der Waals surface area contributed by atoms with E-state index in [2.05, 4.69) is 51.2 Å². The maximum atomic E-state index is 12.7. The van der Waals surface area contributed by atoms with Crippen molar-refractivity contribution in [1.82, 2.24) is 29.9 Å². The molecule has 6 rings (SSSR count). The molecule has 2 aliphatic rings. The van der Waals surface area contributed by atoms with Crippen LogP contribution in [0.15, 0.2) is 46.2 Å². The first kappa shape index (κ1) is 75.3. The van der Waals surface area contributed by atoms with Crippen molar-refractivity contribution in [2.75, 3.05) is 90.3 Å². The zero-order chi connectivity index (χ0) is 53.8. The third kappa shape index (κ3) is 24.9. The van der Waals surface area contributed by atoms with Gasteiger partial charge in [0.2, 0.25) is 29.7 Å². The summed E-state index contributed by atoms with van der Waals surface area (Å²) in [5, 5.41) is 50.1. The number of anilines is 7. The van der Waals surface area contributed by atoms with E-state index < -0.39 is 74.2 Å². The Hall–Kier alpha value is 1.23. The van der Waals surface area contributed by atoms with Crippen molar-refractivity contribution < 1.29 is 278 Å². The molecular formula is C43H57K4N11O16S4. The molecule has 0 bridgehead atoms. The summed E-state index contributed by atoms with van der Waals surface area (Å²) in [4.78, 5) is 26.2. The van der Waals surface area contributed by atoms with E-state index >= 15 is 0 Å². The Morgan fingerprint density at radius 2 is 1.01 bits per heavy atom. The van der Waals surface area contributed by atoms with Crippen molar-refractivity contribution in [3.63, 3.8) is 0 Å². The van der Waals surface area contributed by atoms with Crippen LogP contribution in [0.25, 0.3) is 12.2 Å². The van der Waals surface area contributed by atoms with E-state index in [0.717, 1.165) is 56.4 Å². The molecule has 0 saturated heterocycles. The minimum atomic E-state index is -5.29. The number of hydrogen-bond acceptors (Lipinski definition) is 27.